The lowest BCUT2D eigenvalue weighted by molar-refractivity contribution is 0.577. The molecule has 0 aliphatic heterocycles. The Labute approximate surface area is 114 Å². The maximum absolute atomic E-state index is 13.4. The minimum atomic E-state index is -0.457. The molecule has 0 fully saturated rings. The normalized spacial score (nSPS) is 10.4. The average Bonchev–Trinajstić information content (AvgIpc) is 2.40. The second-order valence-electron chi connectivity index (χ2n) is 3.98. The van der Waals surface area contributed by atoms with E-state index in [2.05, 4.69) is 0 Å². The molecule has 5 heteroatoms. The molecule has 2 rings (SSSR count). The van der Waals surface area contributed by atoms with Crippen LogP contribution < -0.4 is 5.73 Å². The van der Waals surface area contributed by atoms with Crippen LogP contribution >= 0.6 is 11.8 Å². The third-order valence-electron chi connectivity index (χ3n) is 2.53. The molecular formula is C14H12F2N2S. The molecule has 0 unspecified atom stereocenters. The topological polar surface area (TPSA) is 49.9 Å². The highest BCUT2D eigenvalue weighted by Crippen LogP contribution is 2.26. The number of rotatable bonds is 4. The van der Waals surface area contributed by atoms with Crippen LogP contribution in [-0.2, 0) is 5.75 Å². The zero-order valence-electron chi connectivity index (χ0n) is 9.99. The summed E-state index contributed by atoms with van der Waals surface area (Å²) in [6.07, 6.45) is 0. The minimum absolute atomic E-state index is 0.0104. The molecule has 0 saturated carbocycles. The lowest BCUT2D eigenvalue weighted by Gasteiger charge is -2.05. The first kappa shape index (κ1) is 13.5. The highest BCUT2D eigenvalue weighted by molar-refractivity contribution is 7.98. The van der Waals surface area contributed by atoms with E-state index in [1.165, 1.54) is 17.8 Å². The molecule has 0 atom stereocenters. The molecule has 0 radical (unpaired) electrons. The van der Waals surface area contributed by atoms with Crippen molar-refractivity contribution in [1.82, 2.24) is 0 Å². The molecule has 2 aromatic carbocycles. The van der Waals surface area contributed by atoms with E-state index in [4.69, 9.17) is 11.1 Å². The van der Waals surface area contributed by atoms with Gasteiger partial charge in [-0.3, -0.25) is 5.41 Å². The summed E-state index contributed by atoms with van der Waals surface area (Å²) in [6, 6.07) is 10.5. The number of benzene rings is 2. The van der Waals surface area contributed by atoms with Gasteiger partial charge < -0.3 is 5.73 Å². The van der Waals surface area contributed by atoms with E-state index in [0.717, 1.165) is 17.7 Å². The highest BCUT2D eigenvalue weighted by Gasteiger charge is 2.05. The minimum Gasteiger partial charge on any atom is -0.384 e. The molecule has 98 valence electrons. The molecule has 0 amide bonds. The lowest BCUT2D eigenvalue weighted by atomic mass is 10.1. The van der Waals surface area contributed by atoms with Crippen molar-refractivity contribution < 1.29 is 8.78 Å². The van der Waals surface area contributed by atoms with Gasteiger partial charge >= 0.3 is 0 Å². The van der Waals surface area contributed by atoms with Crippen LogP contribution in [0.4, 0.5) is 8.78 Å². The molecule has 0 aliphatic rings. The Balaban J connectivity index is 2.12. The van der Waals surface area contributed by atoms with Crippen LogP contribution in [0.25, 0.3) is 0 Å². The van der Waals surface area contributed by atoms with Crippen molar-refractivity contribution in [2.45, 2.75) is 10.6 Å². The molecule has 2 aromatic rings. The second-order valence-corrected chi connectivity index (χ2v) is 4.99. The van der Waals surface area contributed by atoms with Crippen LogP contribution in [0.3, 0.4) is 0 Å². The number of hydrogen-bond donors (Lipinski definition) is 2. The first-order valence-electron chi connectivity index (χ1n) is 5.57. The van der Waals surface area contributed by atoms with Gasteiger partial charge in [0.15, 0.2) is 0 Å². The summed E-state index contributed by atoms with van der Waals surface area (Å²) in [4.78, 5) is 0.272. The summed E-state index contributed by atoms with van der Waals surface area (Å²) >= 11 is 1.21. The van der Waals surface area contributed by atoms with Crippen LogP contribution in [0.15, 0.2) is 47.4 Å². The quantitative estimate of drug-likeness (QED) is 0.510. The highest BCUT2D eigenvalue weighted by atomic mass is 32.2. The molecule has 2 nitrogen and oxygen atoms in total. The second kappa shape index (κ2) is 5.84. The van der Waals surface area contributed by atoms with Crippen molar-refractivity contribution in [3.8, 4) is 0 Å². The van der Waals surface area contributed by atoms with Crippen molar-refractivity contribution in [2.75, 3.05) is 0 Å². The van der Waals surface area contributed by atoms with Gasteiger partial charge in [0.2, 0.25) is 0 Å². The third-order valence-corrected chi connectivity index (χ3v) is 3.63. The van der Waals surface area contributed by atoms with E-state index in [-0.39, 0.29) is 10.7 Å². The monoisotopic (exact) mass is 278 g/mol. The number of nitrogen functional groups attached to an aromatic ring is 1. The van der Waals surface area contributed by atoms with Gasteiger partial charge in [-0.15, -0.1) is 11.8 Å². The molecule has 0 aliphatic carbocycles. The predicted molar refractivity (Wildman–Crippen MR) is 73.4 cm³/mol. The van der Waals surface area contributed by atoms with Gasteiger partial charge in [-0.05, 0) is 29.8 Å². The largest absolute Gasteiger partial charge is 0.384 e. The fourth-order valence-corrected chi connectivity index (χ4v) is 2.48. The molecule has 19 heavy (non-hydrogen) atoms. The number of thioether (sulfide) groups is 1. The van der Waals surface area contributed by atoms with E-state index in [1.54, 1.807) is 18.2 Å². The van der Waals surface area contributed by atoms with Gasteiger partial charge in [0.25, 0.3) is 0 Å². The smallest absolute Gasteiger partial charge is 0.136 e. The van der Waals surface area contributed by atoms with E-state index in [0.29, 0.717) is 11.3 Å². The number of halogens is 2. The summed E-state index contributed by atoms with van der Waals surface area (Å²) in [7, 11) is 0. The van der Waals surface area contributed by atoms with Crippen LogP contribution in [0.1, 0.15) is 11.1 Å². The van der Waals surface area contributed by atoms with Crippen molar-refractivity contribution in [3.05, 3.63) is 65.2 Å². The van der Waals surface area contributed by atoms with Crippen LogP contribution in [0.5, 0.6) is 0 Å². The number of hydrogen-bond acceptors (Lipinski definition) is 2. The van der Waals surface area contributed by atoms with Gasteiger partial charge in [0, 0.05) is 16.2 Å². The Morgan fingerprint density at radius 3 is 2.68 bits per heavy atom. The van der Waals surface area contributed by atoms with Crippen LogP contribution in [-0.4, -0.2) is 5.84 Å². The summed E-state index contributed by atoms with van der Waals surface area (Å²) in [5.74, 6) is -0.416. The summed E-state index contributed by atoms with van der Waals surface area (Å²) < 4.78 is 26.5. The summed E-state index contributed by atoms with van der Waals surface area (Å²) in [5, 5.41) is 7.35. The van der Waals surface area contributed by atoms with Crippen LogP contribution in [0, 0.1) is 17.0 Å². The number of nitrogens with two attached hydrogens (primary N) is 1. The predicted octanol–water partition coefficient (Wildman–Crippen LogP) is 3.54. The Morgan fingerprint density at radius 2 is 1.95 bits per heavy atom. The molecule has 3 N–H and O–H groups in total. The van der Waals surface area contributed by atoms with Crippen LogP contribution in [0.2, 0.25) is 0 Å². The fourth-order valence-electron chi connectivity index (χ4n) is 1.58. The van der Waals surface area contributed by atoms with Crippen molar-refractivity contribution in [1.29, 1.82) is 5.41 Å². The maximum atomic E-state index is 13.4. The van der Waals surface area contributed by atoms with Gasteiger partial charge in [0.1, 0.15) is 17.5 Å². The number of amidine groups is 1. The Morgan fingerprint density at radius 1 is 1.16 bits per heavy atom. The van der Waals surface area contributed by atoms with E-state index in [9.17, 15) is 8.78 Å². The average molecular weight is 278 g/mol. The van der Waals surface area contributed by atoms with Crippen molar-refractivity contribution in [3.63, 3.8) is 0 Å². The molecule has 0 aromatic heterocycles. The van der Waals surface area contributed by atoms with Gasteiger partial charge in [0.05, 0.1) is 0 Å². The maximum Gasteiger partial charge on any atom is 0.136 e. The molecule has 0 saturated heterocycles. The zero-order valence-corrected chi connectivity index (χ0v) is 10.8. The van der Waals surface area contributed by atoms with E-state index < -0.39 is 11.6 Å². The van der Waals surface area contributed by atoms with E-state index in [1.807, 2.05) is 6.07 Å². The van der Waals surface area contributed by atoms with Gasteiger partial charge in [-0.2, -0.15) is 0 Å². The molecule has 0 spiro atoms. The summed E-state index contributed by atoms with van der Waals surface area (Å²) in [6.45, 7) is 0. The van der Waals surface area contributed by atoms with Gasteiger partial charge in [-0.25, -0.2) is 8.78 Å². The van der Waals surface area contributed by atoms with Crippen molar-refractivity contribution >= 4 is 17.6 Å². The molecule has 0 bridgehead atoms. The lowest BCUT2D eigenvalue weighted by Crippen LogP contribution is -2.10. The first-order valence-corrected chi connectivity index (χ1v) is 6.56. The third kappa shape index (κ3) is 3.54. The van der Waals surface area contributed by atoms with Crippen molar-refractivity contribution in [2.24, 2.45) is 5.73 Å². The van der Waals surface area contributed by atoms with Gasteiger partial charge in [-0.1, -0.05) is 18.2 Å². The first-order chi connectivity index (χ1) is 9.06. The Kier molecular flexibility index (Phi) is 4.16. The molecular weight excluding hydrogens is 266 g/mol. The Bertz CT molecular complexity index is 614. The number of nitrogens with one attached hydrogen (secondary N) is 1. The molecule has 0 heterocycles. The van der Waals surface area contributed by atoms with E-state index >= 15 is 0 Å². The standard InChI is InChI=1S/C14H12F2N2S/c15-11-4-5-12(16)13(7-11)19-8-9-2-1-3-10(6-9)14(17)18/h1-7H,8H2,(H3,17,18). The SMILES string of the molecule is N=C(N)c1cccc(CSc2cc(F)ccc2F)c1. The zero-order chi connectivity index (χ0) is 13.8. The Hall–Kier alpha value is -1.88. The fraction of sp³-hybridized carbons (Fsp3) is 0.0714. The summed E-state index contributed by atoms with van der Waals surface area (Å²) in [5.41, 5.74) is 6.93.